The van der Waals surface area contributed by atoms with Gasteiger partial charge in [0.1, 0.15) is 0 Å². The molecule has 2 atom stereocenters. The van der Waals surface area contributed by atoms with E-state index < -0.39 is 0 Å². The molecule has 1 aliphatic heterocycles. The van der Waals surface area contributed by atoms with Crippen molar-refractivity contribution in [1.29, 1.82) is 0 Å². The summed E-state index contributed by atoms with van der Waals surface area (Å²) in [5.74, 6) is 0.750. The van der Waals surface area contributed by atoms with Crippen molar-refractivity contribution in [3.8, 4) is 0 Å². The molecule has 1 aromatic carbocycles. The summed E-state index contributed by atoms with van der Waals surface area (Å²) >= 11 is 1.55. The Hall–Kier alpha value is -2.58. The number of hydrogen-bond acceptors (Lipinski definition) is 5. The van der Waals surface area contributed by atoms with Gasteiger partial charge < -0.3 is 15.5 Å². The third-order valence-electron chi connectivity index (χ3n) is 6.19. The predicted molar refractivity (Wildman–Crippen MR) is 137 cm³/mol. The first-order valence-electron chi connectivity index (χ1n) is 11.5. The number of nitrogens with one attached hydrogen (secondary N) is 2. The molecule has 2 amide bonds. The van der Waals surface area contributed by atoms with E-state index in [-0.39, 0.29) is 23.7 Å². The number of rotatable bonds is 9. The van der Waals surface area contributed by atoms with E-state index in [0.29, 0.717) is 17.9 Å². The van der Waals surface area contributed by atoms with Crippen LogP contribution in [0.5, 0.6) is 0 Å². The highest BCUT2D eigenvalue weighted by Crippen LogP contribution is 2.33. The maximum Gasteiger partial charge on any atom is 0.317 e. The minimum Gasteiger partial charge on any atom is -0.338 e. The largest absolute Gasteiger partial charge is 0.338 e. The van der Waals surface area contributed by atoms with Crippen LogP contribution in [0.1, 0.15) is 49.6 Å². The molecule has 0 fully saturated rings. The van der Waals surface area contributed by atoms with Gasteiger partial charge >= 0.3 is 6.03 Å². The van der Waals surface area contributed by atoms with Crippen LogP contribution in [0.2, 0.25) is 0 Å². The molecule has 1 aliphatic rings. The number of carbonyl (C=O) groups excluding carboxylic acids is 1. The van der Waals surface area contributed by atoms with E-state index in [1.54, 1.807) is 27.6 Å². The number of carbonyl (C=O) groups is 1. The lowest BCUT2D eigenvalue weighted by Crippen LogP contribution is -2.43. The number of nitrogens with zero attached hydrogens (tertiary/aromatic N) is 3. The van der Waals surface area contributed by atoms with Gasteiger partial charge in [0.25, 0.3) is 5.56 Å². The van der Waals surface area contributed by atoms with Crippen LogP contribution in [0, 0.1) is 6.92 Å². The normalized spacial score (nSPS) is 14.8. The number of amides is 2. The molecule has 0 saturated carbocycles. The van der Waals surface area contributed by atoms with E-state index in [1.807, 2.05) is 34.0 Å². The minimum absolute atomic E-state index is 0.0131. The van der Waals surface area contributed by atoms with E-state index in [0.717, 1.165) is 24.4 Å². The fourth-order valence-corrected chi connectivity index (χ4v) is 4.74. The Labute approximate surface area is 200 Å². The molecule has 3 rings (SSSR count). The lowest BCUT2D eigenvalue weighted by Gasteiger charge is -2.25. The number of aromatic nitrogens is 2. The summed E-state index contributed by atoms with van der Waals surface area (Å²) < 4.78 is 1.68. The molecule has 2 unspecified atom stereocenters. The number of fused-ring (bicyclic) bond motifs is 1. The molecule has 2 heterocycles. The molecule has 1 aromatic heterocycles. The summed E-state index contributed by atoms with van der Waals surface area (Å²) in [4.78, 5) is 32.5. The zero-order chi connectivity index (χ0) is 24.0. The van der Waals surface area contributed by atoms with Crippen LogP contribution in [0.4, 0.5) is 4.79 Å². The quantitative estimate of drug-likeness (QED) is 0.584. The van der Waals surface area contributed by atoms with Crippen LogP contribution >= 0.6 is 11.8 Å². The molecule has 0 spiro atoms. The molecule has 0 saturated heterocycles. The summed E-state index contributed by atoms with van der Waals surface area (Å²) in [6.45, 7) is 7.46. The second-order valence-corrected chi connectivity index (χ2v) is 9.70. The molecular formula is C25H35N5O2S. The van der Waals surface area contributed by atoms with E-state index in [1.165, 1.54) is 16.7 Å². The van der Waals surface area contributed by atoms with Crippen LogP contribution in [0.15, 0.2) is 40.3 Å². The highest BCUT2D eigenvalue weighted by molar-refractivity contribution is 7.99. The molecule has 0 aliphatic carbocycles. The average molecular weight is 470 g/mol. The number of thioether (sulfide) groups is 1. The third kappa shape index (κ3) is 6.26. The van der Waals surface area contributed by atoms with Crippen molar-refractivity contribution >= 4 is 29.4 Å². The molecule has 33 heavy (non-hydrogen) atoms. The Morgan fingerprint density at radius 3 is 2.64 bits per heavy atom. The SMILES string of the molecule is CNCCC(C)N(C)C(=O)NCCC(C)n1cnc2c(c1=O)SCC(c1ccc(C)cc1)=C2. The van der Waals surface area contributed by atoms with Gasteiger partial charge in [-0.3, -0.25) is 9.36 Å². The van der Waals surface area contributed by atoms with Gasteiger partial charge in [-0.15, -0.1) is 11.8 Å². The predicted octanol–water partition coefficient (Wildman–Crippen LogP) is 3.79. The smallest absolute Gasteiger partial charge is 0.317 e. The monoisotopic (exact) mass is 469 g/mol. The first-order chi connectivity index (χ1) is 15.8. The maximum absolute atomic E-state index is 13.1. The molecule has 2 N–H and O–H groups in total. The van der Waals surface area contributed by atoms with Crippen LogP contribution in [0.25, 0.3) is 11.6 Å². The standard InChI is InChI=1S/C25H35N5O2S/c1-17-6-8-20(9-7-17)21-14-22-23(33-15-21)24(31)30(16-28-22)19(3)11-13-27-25(32)29(5)18(2)10-12-26-4/h6-9,14,16,18-19,26H,10-13,15H2,1-5H3,(H,27,32). The highest BCUT2D eigenvalue weighted by atomic mass is 32.2. The van der Waals surface area contributed by atoms with Gasteiger partial charge in [-0.05, 0) is 64.4 Å². The molecule has 0 bridgehead atoms. The fraction of sp³-hybridized carbons (Fsp3) is 0.480. The van der Waals surface area contributed by atoms with Crippen molar-refractivity contribution in [1.82, 2.24) is 25.1 Å². The van der Waals surface area contributed by atoms with Crippen LogP contribution in [-0.4, -0.2) is 59.5 Å². The van der Waals surface area contributed by atoms with Crippen molar-refractivity contribution < 1.29 is 4.79 Å². The Balaban J connectivity index is 1.61. The van der Waals surface area contributed by atoms with Crippen LogP contribution < -0.4 is 16.2 Å². The summed E-state index contributed by atoms with van der Waals surface area (Å²) in [5.41, 5.74) is 4.30. The first kappa shape index (κ1) is 25.1. The average Bonchev–Trinajstić information content (AvgIpc) is 2.82. The van der Waals surface area contributed by atoms with Gasteiger partial charge in [-0.1, -0.05) is 29.8 Å². The Morgan fingerprint density at radius 1 is 1.21 bits per heavy atom. The van der Waals surface area contributed by atoms with Gasteiger partial charge in [-0.2, -0.15) is 0 Å². The number of hydrogen-bond donors (Lipinski definition) is 2. The van der Waals surface area contributed by atoms with E-state index in [2.05, 4.69) is 46.8 Å². The van der Waals surface area contributed by atoms with Gasteiger partial charge in [-0.25, -0.2) is 9.78 Å². The van der Waals surface area contributed by atoms with Gasteiger partial charge in [0, 0.05) is 31.4 Å². The van der Waals surface area contributed by atoms with Gasteiger partial charge in [0.05, 0.1) is 16.9 Å². The zero-order valence-corrected chi connectivity index (χ0v) is 21.0. The van der Waals surface area contributed by atoms with Gasteiger partial charge in [0.15, 0.2) is 0 Å². The minimum atomic E-state index is -0.0916. The summed E-state index contributed by atoms with van der Waals surface area (Å²) in [7, 11) is 3.72. The van der Waals surface area contributed by atoms with Gasteiger partial charge in [0.2, 0.25) is 0 Å². The first-order valence-corrected chi connectivity index (χ1v) is 12.5. The molecule has 178 valence electrons. The van der Waals surface area contributed by atoms with Crippen molar-refractivity contribution in [2.75, 3.05) is 32.9 Å². The summed E-state index contributed by atoms with van der Waals surface area (Å²) in [6.07, 6.45) is 5.21. The van der Waals surface area contributed by atoms with Crippen molar-refractivity contribution in [3.05, 3.63) is 57.8 Å². The zero-order valence-electron chi connectivity index (χ0n) is 20.2. The Kier molecular flexibility index (Phi) is 8.74. The second-order valence-electron chi connectivity index (χ2n) is 8.72. The summed E-state index contributed by atoms with van der Waals surface area (Å²) in [6, 6.07) is 8.42. The van der Waals surface area contributed by atoms with E-state index in [9.17, 15) is 9.59 Å². The van der Waals surface area contributed by atoms with Crippen LogP contribution in [0.3, 0.4) is 0 Å². The second kappa shape index (κ2) is 11.5. The summed E-state index contributed by atoms with van der Waals surface area (Å²) in [5, 5.41) is 6.07. The van der Waals surface area contributed by atoms with E-state index in [4.69, 9.17) is 0 Å². The Morgan fingerprint density at radius 2 is 1.94 bits per heavy atom. The molecule has 7 nitrogen and oxygen atoms in total. The number of benzene rings is 1. The third-order valence-corrected chi connectivity index (χ3v) is 7.32. The lowest BCUT2D eigenvalue weighted by molar-refractivity contribution is 0.190. The fourth-order valence-electron chi connectivity index (χ4n) is 3.70. The molecular weight excluding hydrogens is 434 g/mol. The molecule has 8 heteroatoms. The van der Waals surface area contributed by atoms with E-state index >= 15 is 0 Å². The highest BCUT2D eigenvalue weighted by Gasteiger charge is 2.20. The number of aryl methyl sites for hydroxylation is 1. The van der Waals surface area contributed by atoms with Crippen molar-refractivity contribution in [3.63, 3.8) is 0 Å². The molecule has 2 aromatic rings. The van der Waals surface area contributed by atoms with Crippen molar-refractivity contribution in [2.45, 2.75) is 50.6 Å². The van der Waals surface area contributed by atoms with Crippen LogP contribution in [-0.2, 0) is 0 Å². The maximum atomic E-state index is 13.1. The molecule has 0 radical (unpaired) electrons. The number of urea groups is 1. The topological polar surface area (TPSA) is 79.3 Å². The lowest BCUT2D eigenvalue weighted by atomic mass is 10.0. The van der Waals surface area contributed by atoms with Crippen molar-refractivity contribution in [2.24, 2.45) is 0 Å². The Bertz CT molecular complexity index is 1050.